The van der Waals surface area contributed by atoms with Crippen molar-refractivity contribution >= 4 is 11.6 Å². The first-order valence-corrected chi connectivity index (χ1v) is 7.44. The number of halogens is 1. The Balaban J connectivity index is 0.000000659. The number of benzene rings is 1. The van der Waals surface area contributed by atoms with Gasteiger partial charge in [0.25, 0.3) is 0 Å². The summed E-state index contributed by atoms with van der Waals surface area (Å²) in [5.74, 6) is 1.78. The largest absolute Gasteiger partial charge is 0.493 e. The van der Waals surface area contributed by atoms with E-state index in [9.17, 15) is 0 Å². The zero-order valence-corrected chi connectivity index (χ0v) is 13.4. The molecule has 0 N–H and O–H groups in total. The lowest BCUT2D eigenvalue weighted by molar-refractivity contribution is 0.297. The van der Waals surface area contributed by atoms with Crippen LogP contribution in [0.25, 0.3) is 0 Å². The maximum atomic E-state index is 6.01. The molecule has 0 bridgehead atoms. The van der Waals surface area contributed by atoms with Gasteiger partial charge in [-0.15, -0.1) is 0 Å². The summed E-state index contributed by atoms with van der Waals surface area (Å²) in [5.41, 5.74) is 2.21. The van der Waals surface area contributed by atoms with E-state index in [1.807, 2.05) is 53.7 Å². The number of hydrogen-bond acceptors (Lipinski definition) is 1. The molecule has 0 radical (unpaired) electrons. The second-order valence-electron chi connectivity index (χ2n) is 4.12. The van der Waals surface area contributed by atoms with Crippen molar-refractivity contribution in [1.82, 2.24) is 0 Å². The van der Waals surface area contributed by atoms with Crippen LogP contribution in [-0.2, 0) is 0 Å². The van der Waals surface area contributed by atoms with Gasteiger partial charge in [-0.1, -0.05) is 39.3 Å². The molecule has 18 heavy (non-hydrogen) atoms. The molecular weight excluding hydrogens is 244 g/mol. The van der Waals surface area contributed by atoms with Crippen molar-refractivity contribution in [2.24, 2.45) is 5.92 Å². The van der Waals surface area contributed by atoms with Crippen LogP contribution in [0.3, 0.4) is 0 Å². The molecule has 0 amide bonds. The van der Waals surface area contributed by atoms with Gasteiger partial charge in [0.1, 0.15) is 5.75 Å². The third-order valence-electron chi connectivity index (χ3n) is 2.63. The smallest absolute Gasteiger partial charge is 0.122 e. The van der Waals surface area contributed by atoms with E-state index in [1.165, 1.54) is 12.8 Å². The van der Waals surface area contributed by atoms with Crippen LogP contribution in [-0.4, -0.2) is 6.61 Å². The van der Waals surface area contributed by atoms with Gasteiger partial charge in [0.05, 0.1) is 6.61 Å². The molecule has 1 fully saturated rings. The summed E-state index contributed by atoms with van der Waals surface area (Å²) >= 11 is 6.01. The first kappa shape index (κ1) is 17.3. The third-order valence-corrected chi connectivity index (χ3v) is 3.03. The summed E-state index contributed by atoms with van der Waals surface area (Å²) in [6.45, 7) is 12.9. The molecule has 1 aliphatic rings. The van der Waals surface area contributed by atoms with Crippen molar-refractivity contribution < 1.29 is 4.74 Å². The van der Waals surface area contributed by atoms with Crippen LogP contribution in [0.4, 0.5) is 0 Å². The quantitative estimate of drug-likeness (QED) is 0.675. The average molecular weight is 271 g/mol. The molecule has 1 aromatic carbocycles. The van der Waals surface area contributed by atoms with Crippen LogP contribution in [0, 0.1) is 19.8 Å². The Morgan fingerprint density at radius 3 is 2.11 bits per heavy atom. The van der Waals surface area contributed by atoms with Gasteiger partial charge in [-0.05, 0) is 55.9 Å². The highest BCUT2D eigenvalue weighted by Gasteiger charge is 2.22. The molecular formula is C16H27ClO. The van der Waals surface area contributed by atoms with Crippen molar-refractivity contribution in [2.75, 3.05) is 6.61 Å². The Hall–Kier alpha value is -0.690. The van der Waals surface area contributed by atoms with Gasteiger partial charge in [-0.25, -0.2) is 0 Å². The van der Waals surface area contributed by atoms with Crippen LogP contribution >= 0.6 is 11.6 Å². The Labute approximate surface area is 118 Å². The van der Waals surface area contributed by atoms with Crippen molar-refractivity contribution in [3.8, 4) is 5.75 Å². The lowest BCUT2D eigenvalue weighted by atomic mass is 10.1. The summed E-state index contributed by atoms with van der Waals surface area (Å²) in [6, 6.07) is 4.00. The van der Waals surface area contributed by atoms with Crippen LogP contribution in [0.2, 0.25) is 5.02 Å². The normalized spacial score (nSPS) is 12.8. The molecule has 1 aromatic rings. The van der Waals surface area contributed by atoms with E-state index in [0.29, 0.717) is 0 Å². The Kier molecular flexibility index (Phi) is 8.91. The molecule has 0 aromatic heterocycles. The highest BCUT2D eigenvalue weighted by Crippen LogP contribution is 2.31. The van der Waals surface area contributed by atoms with Crippen LogP contribution < -0.4 is 4.74 Å². The second kappa shape index (κ2) is 9.27. The van der Waals surface area contributed by atoms with E-state index >= 15 is 0 Å². The van der Waals surface area contributed by atoms with Gasteiger partial charge < -0.3 is 4.74 Å². The predicted octanol–water partition coefficient (Wildman–Crippen LogP) is 5.80. The van der Waals surface area contributed by atoms with Crippen molar-refractivity contribution in [3.63, 3.8) is 0 Å². The number of aryl methyl sites for hydroxylation is 2. The lowest BCUT2D eigenvalue weighted by Gasteiger charge is -2.10. The van der Waals surface area contributed by atoms with Crippen LogP contribution in [0.15, 0.2) is 12.1 Å². The molecule has 0 saturated heterocycles. The van der Waals surface area contributed by atoms with Gasteiger partial charge >= 0.3 is 0 Å². The fourth-order valence-corrected chi connectivity index (χ4v) is 1.62. The standard InChI is InChI=1S/C12H15ClO.2C2H6/c1-8-6-12(9(2)5-11(8)13)14-7-10-3-4-10;2*1-2/h5-6,10H,3-4,7H2,1-2H3;2*1-2H3. The molecule has 0 spiro atoms. The SMILES string of the molecule is CC.CC.Cc1cc(OCC2CC2)c(C)cc1Cl. The van der Waals surface area contributed by atoms with E-state index < -0.39 is 0 Å². The van der Waals surface area contributed by atoms with Gasteiger partial charge in [0.15, 0.2) is 0 Å². The monoisotopic (exact) mass is 270 g/mol. The lowest BCUT2D eigenvalue weighted by Crippen LogP contribution is -2.00. The van der Waals surface area contributed by atoms with E-state index in [4.69, 9.17) is 16.3 Å². The predicted molar refractivity (Wildman–Crippen MR) is 81.8 cm³/mol. The van der Waals surface area contributed by atoms with Crippen molar-refractivity contribution in [1.29, 1.82) is 0 Å². The van der Waals surface area contributed by atoms with E-state index in [0.717, 1.165) is 34.4 Å². The number of hydrogen-bond donors (Lipinski definition) is 0. The maximum absolute atomic E-state index is 6.01. The van der Waals surface area contributed by atoms with Crippen LogP contribution in [0.1, 0.15) is 51.7 Å². The van der Waals surface area contributed by atoms with Gasteiger partial charge in [0.2, 0.25) is 0 Å². The summed E-state index contributed by atoms with van der Waals surface area (Å²) in [6.07, 6.45) is 2.65. The minimum atomic E-state index is 0.797. The Morgan fingerprint density at radius 2 is 1.61 bits per heavy atom. The Morgan fingerprint density at radius 1 is 1.06 bits per heavy atom. The molecule has 1 aliphatic carbocycles. The second-order valence-corrected chi connectivity index (χ2v) is 4.53. The zero-order chi connectivity index (χ0) is 14.1. The van der Waals surface area contributed by atoms with Crippen molar-refractivity contribution in [3.05, 3.63) is 28.3 Å². The fourth-order valence-electron chi connectivity index (χ4n) is 1.40. The molecule has 0 aliphatic heterocycles. The molecule has 0 heterocycles. The summed E-state index contributed by atoms with van der Waals surface area (Å²) in [5, 5.41) is 0.821. The highest BCUT2D eigenvalue weighted by atomic mass is 35.5. The maximum Gasteiger partial charge on any atom is 0.122 e. The van der Waals surface area contributed by atoms with Gasteiger partial charge in [-0.2, -0.15) is 0 Å². The minimum Gasteiger partial charge on any atom is -0.493 e. The molecule has 1 nitrogen and oxygen atoms in total. The molecule has 2 rings (SSSR count). The fraction of sp³-hybridized carbons (Fsp3) is 0.625. The zero-order valence-electron chi connectivity index (χ0n) is 12.6. The number of rotatable bonds is 3. The molecule has 104 valence electrons. The van der Waals surface area contributed by atoms with E-state index in [1.54, 1.807) is 0 Å². The van der Waals surface area contributed by atoms with Gasteiger partial charge in [0, 0.05) is 5.02 Å². The topological polar surface area (TPSA) is 9.23 Å². The molecule has 2 heteroatoms. The third kappa shape index (κ3) is 5.77. The Bertz CT molecular complexity index is 343. The first-order valence-electron chi connectivity index (χ1n) is 7.06. The molecule has 0 atom stereocenters. The summed E-state index contributed by atoms with van der Waals surface area (Å²) < 4.78 is 5.74. The van der Waals surface area contributed by atoms with E-state index in [2.05, 4.69) is 0 Å². The van der Waals surface area contributed by atoms with Crippen LogP contribution in [0.5, 0.6) is 5.75 Å². The molecule has 1 saturated carbocycles. The summed E-state index contributed by atoms with van der Waals surface area (Å²) in [4.78, 5) is 0. The molecule has 0 unspecified atom stereocenters. The number of ether oxygens (including phenoxy) is 1. The summed E-state index contributed by atoms with van der Waals surface area (Å²) in [7, 11) is 0. The minimum absolute atomic E-state index is 0.797. The average Bonchev–Trinajstić information content (AvgIpc) is 3.21. The highest BCUT2D eigenvalue weighted by molar-refractivity contribution is 6.31. The first-order chi connectivity index (χ1) is 8.66. The van der Waals surface area contributed by atoms with Crippen molar-refractivity contribution in [2.45, 2.75) is 54.4 Å². The van der Waals surface area contributed by atoms with E-state index in [-0.39, 0.29) is 0 Å². The van der Waals surface area contributed by atoms with Gasteiger partial charge in [-0.3, -0.25) is 0 Å².